The van der Waals surface area contributed by atoms with Crippen LogP contribution in [0.3, 0.4) is 0 Å². The lowest BCUT2D eigenvalue weighted by Crippen LogP contribution is -2.22. The number of carbonyl (C=O) groups is 1. The number of nitrogens with one attached hydrogen (secondary N) is 1. The fourth-order valence-electron chi connectivity index (χ4n) is 1.36. The zero-order chi connectivity index (χ0) is 9.10. The third-order valence-corrected chi connectivity index (χ3v) is 3.06. The Bertz CT molecular complexity index is 299. The van der Waals surface area contributed by atoms with E-state index in [1.165, 1.54) is 11.8 Å². The Balaban J connectivity index is 2.02. The number of benzene rings is 1. The Morgan fingerprint density at radius 3 is 2.69 bits per heavy atom. The average molecular weight is 193 g/mol. The lowest BCUT2D eigenvalue weighted by Gasteiger charge is -2.10. The van der Waals surface area contributed by atoms with E-state index in [-0.39, 0.29) is 11.2 Å². The first-order valence-electron chi connectivity index (χ1n) is 4.34. The molecule has 68 valence electrons. The minimum Gasteiger partial charge on any atom is -0.374 e. The molecule has 0 aromatic heterocycles. The molecule has 1 fully saturated rings. The highest BCUT2D eigenvalue weighted by molar-refractivity contribution is 8.14. The van der Waals surface area contributed by atoms with Gasteiger partial charge in [0.2, 0.25) is 5.12 Å². The van der Waals surface area contributed by atoms with Gasteiger partial charge in [-0.1, -0.05) is 30.0 Å². The van der Waals surface area contributed by atoms with Gasteiger partial charge in [-0.3, -0.25) is 4.79 Å². The topological polar surface area (TPSA) is 29.1 Å². The predicted octanol–water partition coefficient (Wildman–Crippen LogP) is 2.13. The molecule has 0 spiro atoms. The van der Waals surface area contributed by atoms with E-state index in [1.54, 1.807) is 0 Å². The molecular formula is C10H11NOS. The molecule has 2 rings (SSSR count). The van der Waals surface area contributed by atoms with E-state index in [1.807, 2.05) is 30.3 Å². The molecule has 0 radical (unpaired) electrons. The largest absolute Gasteiger partial charge is 0.374 e. The third-order valence-electron chi connectivity index (χ3n) is 2.05. The summed E-state index contributed by atoms with van der Waals surface area (Å²) in [7, 11) is 0. The van der Waals surface area contributed by atoms with Crippen molar-refractivity contribution in [2.45, 2.75) is 12.5 Å². The summed E-state index contributed by atoms with van der Waals surface area (Å²) in [6.45, 7) is 0. The maximum Gasteiger partial charge on any atom is 0.211 e. The molecule has 1 aromatic carbocycles. The van der Waals surface area contributed by atoms with Gasteiger partial charge in [0.05, 0.1) is 6.04 Å². The Morgan fingerprint density at radius 1 is 1.31 bits per heavy atom. The molecule has 1 unspecified atom stereocenters. The highest BCUT2D eigenvalue weighted by Gasteiger charge is 2.24. The van der Waals surface area contributed by atoms with Crippen molar-refractivity contribution in [1.29, 1.82) is 0 Å². The molecule has 1 aliphatic rings. The summed E-state index contributed by atoms with van der Waals surface area (Å²) in [5.41, 5.74) is 1.03. The van der Waals surface area contributed by atoms with Crippen molar-refractivity contribution >= 4 is 22.6 Å². The Kier molecular flexibility index (Phi) is 2.54. The summed E-state index contributed by atoms with van der Waals surface area (Å²) in [5, 5.41) is 3.49. The number of hydrogen-bond acceptors (Lipinski definition) is 3. The van der Waals surface area contributed by atoms with Gasteiger partial charge in [-0.2, -0.15) is 0 Å². The van der Waals surface area contributed by atoms with Crippen LogP contribution in [0.25, 0.3) is 0 Å². The first-order valence-corrected chi connectivity index (χ1v) is 5.33. The van der Waals surface area contributed by atoms with Crippen LogP contribution in [-0.4, -0.2) is 16.9 Å². The normalized spacial score (nSPS) is 21.8. The van der Waals surface area contributed by atoms with Crippen LogP contribution in [0.4, 0.5) is 5.69 Å². The van der Waals surface area contributed by atoms with Gasteiger partial charge >= 0.3 is 0 Å². The molecule has 0 amide bonds. The zero-order valence-electron chi connectivity index (χ0n) is 7.19. The van der Waals surface area contributed by atoms with Gasteiger partial charge in [0, 0.05) is 11.4 Å². The van der Waals surface area contributed by atoms with E-state index in [9.17, 15) is 4.79 Å². The first-order chi connectivity index (χ1) is 6.36. The molecule has 3 heteroatoms. The van der Waals surface area contributed by atoms with Crippen molar-refractivity contribution in [2.75, 3.05) is 11.1 Å². The number of carbonyl (C=O) groups excluding carboxylic acids is 1. The van der Waals surface area contributed by atoms with Crippen LogP contribution in [-0.2, 0) is 4.79 Å². The molecule has 2 nitrogen and oxygen atoms in total. The second-order valence-electron chi connectivity index (χ2n) is 3.02. The summed E-state index contributed by atoms with van der Waals surface area (Å²) < 4.78 is 0. The molecule has 1 aliphatic heterocycles. The van der Waals surface area contributed by atoms with Gasteiger partial charge in [0.15, 0.2) is 0 Å². The van der Waals surface area contributed by atoms with Crippen LogP contribution in [0.5, 0.6) is 0 Å². The highest BCUT2D eigenvalue weighted by Crippen LogP contribution is 2.22. The lowest BCUT2D eigenvalue weighted by atomic mass is 10.2. The Labute approximate surface area is 81.7 Å². The second-order valence-corrected chi connectivity index (χ2v) is 4.12. The summed E-state index contributed by atoms with van der Waals surface area (Å²) in [4.78, 5) is 11.3. The molecule has 0 bridgehead atoms. The van der Waals surface area contributed by atoms with Crippen molar-refractivity contribution in [3.8, 4) is 0 Å². The van der Waals surface area contributed by atoms with Crippen LogP contribution in [0.15, 0.2) is 30.3 Å². The Morgan fingerprint density at radius 2 is 2.08 bits per heavy atom. The van der Waals surface area contributed by atoms with E-state index in [4.69, 9.17) is 0 Å². The minimum atomic E-state index is 0.0207. The van der Waals surface area contributed by atoms with Gasteiger partial charge in [0.25, 0.3) is 0 Å². The molecule has 1 atom stereocenters. The van der Waals surface area contributed by atoms with Crippen LogP contribution < -0.4 is 5.32 Å². The molecule has 0 aliphatic carbocycles. The van der Waals surface area contributed by atoms with E-state index in [0.717, 1.165) is 17.9 Å². The van der Waals surface area contributed by atoms with Gasteiger partial charge in [0.1, 0.15) is 0 Å². The van der Waals surface area contributed by atoms with Gasteiger partial charge in [-0.25, -0.2) is 0 Å². The number of para-hydroxylation sites is 1. The van der Waals surface area contributed by atoms with Crippen molar-refractivity contribution < 1.29 is 4.79 Å². The maximum absolute atomic E-state index is 11.3. The van der Waals surface area contributed by atoms with Crippen molar-refractivity contribution in [1.82, 2.24) is 0 Å². The quantitative estimate of drug-likeness (QED) is 0.780. The fourth-order valence-corrected chi connectivity index (χ4v) is 2.30. The number of anilines is 1. The molecule has 1 N–H and O–H groups in total. The number of rotatable bonds is 2. The van der Waals surface area contributed by atoms with E-state index in [0.29, 0.717) is 0 Å². The SMILES string of the molecule is O=C1SCCC1Nc1ccccc1. The standard InChI is InChI=1S/C10H11NOS/c12-10-9(6-7-13-10)11-8-4-2-1-3-5-8/h1-5,9,11H,6-7H2. The third kappa shape index (κ3) is 2.04. The zero-order valence-corrected chi connectivity index (χ0v) is 8.01. The van der Waals surface area contributed by atoms with Gasteiger partial charge in [-0.05, 0) is 18.6 Å². The van der Waals surface area contributed by atoms with E-state index >= 15 is 0 Å². The van der Waals surface area contributed by atoms with Gasteiger partial charge in [-0.15, -0.1) is 0 Å². The summed E-state index contributed by atoms with van der Waals surface area (Å²) >= 11 is 1.42. The number of hydrogen-bond donors (Lipinski definition) is 1. The van der Waals surface area contributed by atoms with Crippen molar-refractivity contribution in [3.63, 3.8) is 0 Å². The smallest absolute Gasteiger partial charge is 0.211 e. The predicted molar refractivity (Wildman–Crippen MR) is 55.9 cm³/mol. The minimum absolute atomic E-state index is 0.0207. The summed E-state index contributed by atoms with van der Waals surface area (Å²) in [6.07, 6.45) is 0.943. The van der Waals surface area contributed by atoms with Gasteiger partial charge < -0.3 is 5.32 Å². The van der Waals surface area contributed by atoms with Crippen molar-refractivity contribution in [2.24, 2.45) is 0 Å². The monoisotopic (exact) mass is 193 g/mol. The fraction of sp³-hybridized carbons (Fsp3) is 0.300. The Hall–Kier alpha value is -0.960. The lowest BCUT2D eigenvalue weighted by molar-refractivity contribution is -0.111. The first kappa shape index (κ1) is 8.63. The highest BCUT2D eigenvalue weighted by atomic mass is 32.2. The molecule has 1 saturated heterocycles. The maximum atomic E-state index is 11.3. The number of thioether (sulfide) groups is 1. The van der Waals surface area contributed by atoms with E-state index < -0.39 is 0 Å². The summed E-state index contributed by atoms with van der Waals surface area (Å²) in [5.74, 6) is 0.948. The van der Waals surface area contributed by atoms with Crippen molar-refractivity contribution in [3.05, 3.63) is 30.3 Å². The van der Waals surface area contributed by atoms with Crippen LogP contribution in [0.1, 0.15) is 6.42 Å². The van der Waals surface area contributed by atoms with Crippen LogP contribution in [0, 0.1) is 0 Å². The molecule has 1 aromatic rings. The average Bonchev–Trinajstić information content (AvgIpc) is 2.54. The van der Waals surface area contributed by atoms with Crippen LogP contribution in [0.2, 0.25) is 0 Å². The second kappa shape index (κ2) is 3.83. The molecule has 13 heavy (non-hydrogen) atoms. The van der Waals surface area contributed by atoms with E-state index in [2.05, 4.69) is 5.32 Å². The molecule has 1 heterocycles. The summed E-state index contributed by atoms with van der Waals surface area (Å²) in [6, 6.07) is 9.89. The molecule has 0 saturated carbocycles. The van der Waals surface area contributed by atoms with Crippen LogP contribution >= 0.6 is 11.8 Å². The molecular weight excluding hydrogens is 182 g/mol.